The molecule has 2 aromatic carbocycles. The first-order valence-electron chi connectivity index (χ1n) is 5.66. The number of halogens is 3. The molecule has 20 heavy (non-hydrogen) atoms. The summed E-state index contributed by atoms with van der Waals surface area (Å²) < 4.78 is 39.3. The highest BCUT2D eigenvalue weighted by Crippen LogP contribution is 2.32. The van der Waals surface area contributed by atoms with Crippen molar-refractivity contribution in [3.05, 3.63) is 53.3 Å². The number of nitriles is 1. The third-order valence-electron chi connectivity index (χ3n) is 2.71. The van der Waals surface area contributed by atoms with E-state index in [1.807, 2.05) is 0 Å². The van der Waals surface area contributed by atoms with Crippen molar-refractivity contribution in [1.29, 1.82) is 5.26 Å². The Labute approximate surface area is 113 Å². The zero-order chi connectivity index (χ0) is 14.7. The van der Waals surface area contributed by atoms with Crippen LogP contribution in [0.2, 0.25) is 0 Å². The molecule has 0 saturated heterocycles. The van der Waals surface area contributed by atoms with Gasteiger partial charge in [-0.3, -0.25) is 0 Å². The number of nitrogens with zero attached hydrogens (tertiary/aromatic N) is 1. The fraction of sp³-hybridized carbons (Fsp3) is 0.0714. The van der Waals surface area contributed by atoms with Gasteiger partial charge in [-0.05, 0) is 30.3 Å². The smallest absolute Gasteiger partial charge is 0.265 e. The Kier molecular flexibility index (Phi) is 3.80. The first-order chi connectivity index (χ1) is 9.52. The second-order valence-electron chi connectivity index (χ2n) is 4.05. The van der Waals surface area contributed by atoms with Gasteiger partial charge in [0.25, 0.3) is 6.43 Å². The molecule has 0 fully saturated rings. The fourth-order valence-corrected chi connectivity index (χ4v) is 1.76. The highest BCUT2D eigenvalue weighted by Gasteiger charge is 2.15. The van der Waals surface area contributed by atoms with E-state index < -0.39 is 12.2 Å². The molecule has 3 N–H and O–H groups in total. The van der Waals surface area contributed by atoms with Crippen LogP contribution in [0.1, 0.15) is 17.6 Å². The molecule has 2 rings (SSSR count). The molecule has 0 aliphatic rings. The minimum Gasteiger partial charge on any atom is -0.399 e. The number of hydrogen-bond donors (Lipinski definition) is 2. The molecule has 0 radical (unpaired) electrons. The molecule has 0 unspecified atom stereocenters. The molecule has 0 aromatic heterocycles. The molecule has 2 aromatic rings. The Hall–Kier alpha value is -2.68. The second-order valence-corrected chi connectivity index (χ2v) is 4.05. The van der Waals surface area contributed by atoms with Crippen molar-refractivity contribution in [3.63, 3.8) is 0 Å². The lowest BCUT2D eigenvalue weighted by Gasteiger charge is -2.13. The van der Waals surface area contributed by atoms with Gasteiger partial charge in [-0.15, -0.1) is 0 Å². The van der Waals surface area contributed by atoms with Crippen LogP contribution in [0, 0.1) is 17.1 Å². The van der Waals surface area contributed by atoms with Gasteiger partial charge in [0, 0.05) is 16.9 Å². The lowest BCUT2D eigenvalue weighted by atomic mass is 10.1. The van der Waals surface area contributed by atoms with E-state index in [2.05, 4.69) is 5.32 Å². The van der Waals surface area contributed by atoms with Crippen LogP contribution in [0.15, 0.2) is 36.4 Å². The Bertz CT molecular complexity index is 678. The van der Waals surface area contributed by atoms with Crippen molar-refractivity contribution in [3.8, 4) is 6.07 Å². The Balaban J connectivity index is 2.46. The molecule has 6 heteroatoms. The summed E-state index contributed by atoms with van der Waals surface area (Å²) in [4.78, 5) is 0. The number of anilines is 3. The third-order valence-corrected chi connectivity index (χ3v) is 2.71. The van der Waals surface area contributed by atoms with Gasteiger partial charge in [-0.25, -0.2) is 13.2 Å². The summed E-state index contributed by atoms with van der Waals surface area (Å²) in [7, 11) is 0. The maximum absolute atomic E-state index is 13.4. The van der Waals surface area contributed by atoms with Gasteiger partial charge in [0.05, 0.1) is 5.69 Å². The van der Waals surface area contributed by atoms with Crippen molar-refractivity contribution in [2.45, 2.75) is 6.43 Å². The van der Waals surface area contributed by atoms with E-state index in [0.29, 0.717) is 0 Å². The zero-order valence-electron chi connectivity index (χ0n) is 10.2. The van der Waals surface area contributed by atoms with Crippen molar-refractivity contribution < 1.29 is 13.2 Å². The van der Waals surface area contributed by atoms with Crippen LogP contribution < -0.4 is 11.1 Å². The van der Waals surface area contributed by atoms with Gasteiger partial charge < -0.3 is 11.1 Å². The summed E-state index contributed by atoms with van der Waals surface area (Å²) in [6.45, 7) is 0. The first kappa shape index (κ1) is 13.7. The number of nitrogens with two attached hydrogens (primary N) is 1. The van der Waals surface area contributed by atoms with E-state index in [1.54, 1.807) is 6.07 Å². The molecule has 0 saturated carbocycles. The minimum atomic E-state index is -2.74. The molecular weight excluding hydrogens is 267 g/mol. The highest BCUT2D eigenvalue weighted by atomic mass is 19.3. The number of benzene rings is 2. The van der Waals surface area contributed by atoms with E-state index in [0.717, 1.165) is 12.1 Å². The van der Waals surface area contributed by atoms with E-state index in [9.17, 15) is 13.2 Å². The molecule has 0 spiro atoms. The van der Waals surface area contributed by atoms with Crippen LogP contribution in [0.5, 0.6) is 0 Å². The maximum atomic E-state index is 13.4. The molecule has 0 aliphatic heterocycles. The molecule has 0 atom stereocenters. The summed E-state index contributed by atoms with van der Waals surface area (Å²) in [6.07, 6.45) is -2.74. The topological polar surface area (TPSA) is 61.8 Å². The Morgan fingerprint density at radius 3 is 2.55 bits per heavy atom. The molecule has 0 bridgehead atoms. The normalized spacial score (nSPS) is 10.3. The summed E-state index contributed by atoms with van der Waals surface area (Å²) >= 11 is 0. The summed E-state index contributed by atoms with van der Waals surface area (Å²) in [6, 6.07) is 9.59. The van der Waals surface area contributed by atoms with Gasteiger partial charge >= 0.3 is 0 Å². The van der Waals surface area contributed by atoms with Crippen LogP contribution in [0.3, 0.4) is 0 Å². The van der Waals surface area contributed by atoms with Crippen molar-refractivity contribution >= 4 is 17.1 Å². The van der Waals surface area contributed by atoms with Crippen LogP contribution in [0.25, 0.3) is 0 Å². The van der Waals surface area contributed by atoms with Gasteiger partial charge in [0.15, 0.2) is 0 Å². The molecule has 0 heterocycles. The van der Waals surface area contributed by atoms with Gasteiger partial charge in [0.2, 0.25) is 0 Å². The lowest BCUT2D eigenvalue weighted by molar-refractivity contribution is 0.152. The fourth-order valence-electron chi connectivity index (χ4n) is 1.76. The van der Waals surface area contributed by atoms with E-state index in [4.69, 9.17) is 11.0 Å². The summed E-state index contributed by atoms with van der Waals surface area (Å²) in [5.74, 6) is -0.716. The maximum Gasteiger partial charge on any atom is 0.265 e. The highest BCUT2D eigenvalue weighted by molar-refractivity contribution is 5.70. The molecular formula is C14H10F3N3. The van der Waals surface area contributed by atoms with Crippen LogP contribution >= 0.6 is 0 Å². The number of rotatable bonds is 3. The minimum absolute atomic E-state index is 0.0799. The van der Waals surface area contributed by atoms with Crippen molar-refractivity contribution in [2.24, 2.45) is 0 Å². The first-order valence-corrected chi connectivity index (χ1v) is 5.66. The van der Waals surface area contributed by atoms with Crippen LogP contribution in [-0.4, -0.2) is 0 Å². The van der Waals surface area contributed by atoms with Gasteiger partial charge in [0.1, 0.15) is 17.4 Å². The Morgan fingerprint density at radius 2 is 1.90 bits per heavy atom. The standard InChI is InChI=1S/C14H10F3N3/c15-11-2-1-3-12(10(11)7-18)20-13-5-4-8(19)6-9(13)14(16)17/h1-6,14,20H,19H2. The number of alkyl halides is 2. The second kappa shape index (κ2) is 5.53. The summed E-state index contributed by atoms with van der Waals surface area (Å²) in [5.41, 5.74) is 5.33. The van der Waals surface area contributed by atoms with Crippen LogP contribution in [-0.2, 0) is 0 Å². The van der Waals surface area contributed by atoms with Crippen molar-refractivity contribution in [1.82, 2.24) is 0 Å². The monoisotopic (exact) mass is 277 g/mol. The largest absolute Gasteiger partial charge is 0.399 e. The zero-order valence-corrected chi connectivity index (χ0v) is 10.2. The number of hydrogen-bond acceptors (Lipinski definition) is 3. The molecule has 102 valence electrons. The average molecular weight is 277 g/mol. The average Bonchev–Trinajstić information content (AvgIpc) is 2.41. The predicted molar refractivity (Wildman–Crippen MR) is 70.2 cm³/mol. The lowest BCUT2D eigenvalue weighted by Crippen LogP contribution is -2.01. The molecule has 0 amide bonds. The van der Waals surface area contributed by atoms with Crippen LogP contribution in [0.4, 0.5) is 30.2 Å². The van der Waals surface area contributed by atoms with E-state index >= 15 is 0 Å². The van der Waals surface area contributed by atoms with Gasteiger partial charge in [-0.2, -0.15) is 5.26 Å². The predicted octanol–water partition coefficient (Wildman–Crippen LogP) is 3.96. The summed E-state index contributed by atoms with van der Waals surface area (Å²) in [5, 5.41) is 11.5. The van der Waals surface area contributed by atoms with E-state index in [-0.39, 0.29) is 28.2 Å². The van der Waals surface area contributed by atoms with E-state index in [1.165, 1.54) is 24.3 Å². The number of nitrogens with one attached hydrogen (secondary N) is 1. The quantitative estimate of drug-likeness (QED) is 0.835. The van der Waals surface area contributed by atoms with Crippen molar-refractivity contribution in [2.75, 3.05) is 11.1 Å². The molecule has 0 aliphatic carbocycles. The molecule has 3 nitrogen and oxygen atoms in total. The van der Waals surface area contributed by atoms with Gasteiger partial charge in [-0.1, -0.05) is 6.07 Å². The number of nitrogen functional groups attached to an aromatic ring is 1. The Morgan fingerprint density at radius 1 is 1.15 bits per heavy atom. The third kappa shape index (κ3) is 2.67. The SMILES string of the molecule is N#Cc1c(F)cccc1Nc1ccc(N)cc1C(F)F.